The van der Waals surface area contributed by atoms with Crippen molar-refractivity contribution in [2.45, 2.75) is 48.3 Å². The Labute approximate surface area is 223 Å². The molecule has 3 fully saturated rings. The van der Waals surface area contributed by atoms with Crippen LogP contribution in [0, 0.1) is 29.6 Å². The Balaban J connectivity index is 1.28. The molecule has 2 aliphatic heterocycles. The van der Waals surface area contributed by atoms with E-state index in [0.29, 0.717) is 25.8 Å². The van der Waals surface area contributed by atoms with Gasteiger partial charge in [-0.1, -0.05) is 29.9 Å². The van der Waals surface area contributed by atoms with Crippen LogP contribution in [0.5, 0.6) is 0 Å². The number of carboxylic acid groups (broad SMARTS) is 1. The molecule has 1 aromatic heterocycles. The SMILES string of the molecule is CN(C)c1ccc([C@@H]2c3sc(=O)[nH]c3S[C@@H]3[C@H]4C[C@@H]([C@@H]5C(=O)N(CCCCCC(=O)O)C(=O)[C@H]45)[C@@H]23)cc1. The number of benzene rings is 1. The van der Waals surface area contributed by atoms with Gasteiger partial charge in [0, 0.05) is 48.8 Å². The molecule has 3 heterocycles. The van der Waals surface area contributed by atoms with Gasteiger partial charge in [0.15, 0.2) is 0 Å². The summed E-state index contributed by atoms with van der Waals surface area (Å²) in [6, 6.07) is 8.51. The van der Waals surface area contributed by atoms with Gasteiger partial charge in [-0.15, -0.1) is 11.8 Å². The molecular weight excluding hydrogens is 510 g/mol. The molecule has 196 valence electrons. The summed E-state index contributed by atoms with van der Waals surface area (Å²) in [5, 5.41) is 9.96. The number of thiazole rings is 1. The van der Waals surface area contributed by atoms with Crippen molar-refractivity contribution in [3.63, 3.8) is 0 Å². The maximum atomic E-state index is 13.6. The Morgan fingerprint density at radius 2 is 1.76 bits per heavy atom. The first kappa shape index (κ1) is 24.7. The highest BCUT2D eigenvalue weighted by atomic mass is 32.2. The number of hydrogen-bond acceptors (Lipinski definition) is 7. The number of nitrogens with one attached hydrogen (secondary N) is 1. The number of aromatic nitrogens is 1. The second-order valence-electron chi connectivity index (χ2n) is 11.0. The Kier molecular flexibility index (Phi) is 6.22. The van der Waals surface area contributed by atoms with Crippen LogP contribution in [-0.4, -0.2) is 58.7 Å². The van der Waals surface area contributed by atoms with Crippen molar-refractivity contribution in [2.75, 3.05) is 25.5 Å². The zero-order valence-electron chi connectivity index (χ0n) is 20.9. The number of anilines is 1. The smallest absolute Gasteiger partial charge is 0.305 e. The molecule has 2 aliphatic carbocycles. The largest absolute Gasteiger partial charge is 0.481 e. The van der Waals surface area contributed by atoms with Crippen molar-refractivity contribution >= 4 is 46.6 Å². The number of aliphatic carboxylic acids is 1. The number of nitrogens with zero attached hydrogens (tertiary/aromatic N) is 2. The van der Waals surface area contributed by atoms with Crippen molar-refractivity contribution in [2.24, 2.45) is 29.6 Å². The van der Waals surface area contributed by atoms with E-state index in [2.05, 4.69) is 34.1 Å². The molecular formula is C27H31N3O5S2. The van der Waals surface area contributed by atoms with Crippen molar-refractivity contribution in [1.29, 1.82) is 0 Å². The fourth-order valence-electron chi connectivity index (χ4n) is 7.37. The summed E-state index contributed by atoms with van der Waals surface area (Å²) >= 11 is 2.99. The Morgan fingerprint density at radius 3 is 2.43 bits per heavy atom. The third-order valence-electron chi connectivity index (χ3n) is 8.86. The maximum absolute atomic E-state index is 13.6. The zero-order valence-corrected chi connectivity index (χ0v) is 22.5. The number of fused-ring (bicyclic) bond motifs is 9. The van der Waals surface area contributed by atoms with Crippen molar-refractivity contribution < 1.29 is 19.5 Å². The summed E-state index contributed by atoms with van der Waals surface area (Å²) < 4.78 is 0. The lowest BCUT2D eigenvalue weighted by Crippen LogP contribution is -2.42. The van der Waals surface area contributed by atoms with E-state index in [4.69, 9.17) is 5.11 Å². The summed E-state index contributed by atoms with van der Waals surface area (Å²) in [4.78, 5) is 57.8. The predicted octanol–water partition coefficient (Wildman–Crippen LogP) is 3.62. The molecule has 8 nitrogen and oxygen atoms in total. The third kappa shape index (κ3) is 3.94. The molecule has 37 heavy (non-hydrogen) atoms. The minimum absolute atomic E-state index is 0.0327. The van der Waals surface area contributed by atoms with Crippen LogP contribution in [0.1, 0.15) is 48.5 Å². The first-order chi connectivity index (χ1) is 17.8. The summed E-state index contributed by atoms with van der Waals surface area (Å²) in [5.41, 5.74) is 2.27. The Bertz CT molecular complexity index is 1300. The van der Waals surface area contributed by atoms with Gasteiger partial charge in [-0.3, -0.25) is 24.1 Å². The number of carboxylic acids is 1. The molecule has 0 spiro atoms. The number of unbranched alkanes of at least 4 members (excludes halogenated alkanes) is 2. The standard InChI is InChI=1S/C27H31N3O5S2/c1-29(2)14-9-7-13(8-10-14)18-19-15-12-16(22(19)36-24-23(18)37-27(35)28-24)21-20(15)25(33)30(26(21)34)11-5-3-4-6-17(31)32/h7-10,15-16,18-22H,3-6,11-12H2,1-2H3,(H,28,35)(H,31,32)/t15-,16+,18+,19+,20+,21-,22-/m1/s1. The topological polar surface area (TPSA) is 111 Å². The number of hydrogen-bond donors (Lipinski definition) is 2. The highest BCUT2D eigenvalue weighted by Gasteiger charge is 2.69. The quantitative estimate of drug-likeness (QED) is 0.388. The monoisotopic (exact) mass is 541 g/mol. The highest BCUT2D eigenvalue weighted by Crippen LogP contribution is 2.68. The maximum Gasteiger partial charge on any atom is 0.305 e. The van der Waals surface area contributed by atoms with Crippen LogP contribution < -0.4 is 9.77 Å². The number of carbonyl (C=O) groups excluding carboxylic acids is 2. The number of likely N-dealkylation sites (tertiary alicyclic amines) is 1. The van der Waals surface area contributed by atoms with Gasteiger partial charge in [-0.2, -0.15) is 0 Å². The second-order valence-corrected chi connectivity index (χ2v) is 13.2. The van der Waals surface area contributed by atoms with Crippen molar-refractivity contribution in [3.05, 3.63) is 44.4 Å². The van der Waals surface area contributed by atoms with Gasteiger partial charge in [0.05, 0.1) is 16.9 Å². The van der Waals surface area contributed by atoms with Gasteiger partial charge in [0.1, 0.15) is 0 Å². The molecule has 7 atom stereocenters. The number of imide groups is 1. The van der Waals surface area contributed by atoms with Gasteiger partial charge in [0.2, 0.25) is 11.8 Å². The number of H-pyrrole nitrogens is 1. The number of rotatable bonds is 8. The first-order valence-corrected chi connectivity index (χ1v) is 14.7. The minimum Gasteiger partial charge on any atom is -0.481 e. The number of thioether (sulfide) groups is 1. The molecule has 2 aromatic rings. The van der Waals surface area contributed by atoms with Gasteiger partial charge < -0.3 is 15.0 Å². The van der Waals surface area contributed by atoms with Crippen LogP contribution in [0.25, 0.3) is 0 Å². The molecule has 0 unspecified atom stereocenters. The van der Waals surface area contributed by atoms with Crippen molar-refractivity contribution in [1.82, 2.24) is 9.88 Å². The Morgan fingerprint density at radius 1 is 1.05 bits per heavy atom. The molecule has 4 aliphatic rings. The molecule has 2 bridgehead atoms. The van der Waals surface area contributed by atoms with Crippen LogP contribution in [0.4, 0.5) is 5.69 Å². The van der Waals surface area contributed by atoms with E-state index in [1.165, 1.54) is 16.2 Å². The fraction of sp³-hybridized carbons (Fsp3) is 0.556. The van der Waals surface area contributed by atoms with Crippen LogP contribution in [0.2, 0.25) is 0 Å². The lowest BCUT2D eigenvalue weighted by atomic mass is 9.68. The minimum atomic E-state index is -0.819. The van der Waals surface area contributed by atoms with Crippen LogP contribution >= 0.6 is 23.1 Å². The fourth-order valence-corrected chi connectivity index (χ4v) is 10.3. The molecule has 2 N–H and O–H groups in total. The molecule has 0 radical (unpaired) electrons. The molecule has 1 aromatic carbocycles. The average Bonchev–Trinajstić information content (AvgIpc) is 3.58. The van der Waals surface area contributed by atoms with E-state index in [1.807, 2.05) is 14.1 Å². The molecule has 2 amide bonds. The molecule has 10 heteroatoms. The van der Waals surface area contributed by atoms with E-state index >= 15 is 0 Å². The van der Waals surface area contributed by atoms with Gasteiger partial charge in [0.25, 0.3) is 0 Å². The molecule has 2 saturated carbocycles. The van der Waals surface area contributed by atoms with Crippen molar-refractivity contribution in [3.8, 4) is 0 Å². The summed E-state index contributed by atoms with van der Waals surface area (Å²) in [5.74, 6) is -0.981. The summed E-state index contributed by atoms with van der Waals surface area (Å²) in [6.45, 7) is 0.377. The van der Waals surface area contributed by atoms with Crippen LogP contribution in [0.3, 0.4) is 0 Å². The first-order valence-electron chi connectivity index (χ1n) is 13.0. The van der Waals surface area contributed by atoms with E-state index in [1.54, 1.807) is 11.8 Å². The zero-order chi connectivity index (χ0) is 26.0. The summed E-state index contributed by atoms with van der Waals surface area (Å²) in [7, 11) is 4.02. The van der Waals surface area contributed by atoms with E-state index < -0.39 is 5.97 Å². The molecule has 6 rings (SSSR count). The van der Waals surface area contributed by atoms with Gasteiger partial charge >= 0.3 is 10.8 Å². The van der Waals surface area contributed by atoms with E-state index in [9.17, 15) is 19.2 Å². The van der Waals surface area contributed by atoms with Crippen LogP contribution in [0.15, 0.2) is 34.1 Å². The lowest BCUT2D eigenvalue weighted by molar-refractivity contribution is -0.141. The van der Waals surface area contributed by atoms with Gasteiger partial charge in [-0.25, -0.2) is 0 Å². The lowest BCUT2D eigenvalue weighted by Gasteiger charge is -2.43. The number of amides is 2. The van der Waals surface area contributed by atoms with Crippen LogP contribution in [-0.2, 0) is 14.4 Å². The molecule has 1 saturated heterocycles. The van der Waals surface area contributed by atoms with E-state index in [0.717, 1.165) is 27.6 Å². The predicted molar refractivity (Wildman–Crippen MR) is 142 cm³/mol. The van der Waals surface area contributed by atoms with Gasteiger partial charge in [-0.05, 0) is 54.7 Å². The summed E-state index contributed by atoms with van der Waals surface area (Å²) in [6.07, 6.45) is 2.87. The number of carbonyl (C=O) groups is 3. The number of aromatic amines is 1. The normalized spacial score (nSPS) is 31.4. The third-order valence-corrected chi connectivity index (χ3v) is 11.4. The average molecular weight is 542 g/mol. The Hall–Kier alpha value is -2.59. The van der Waals surface area contributed by atoms with E-state index in [-0.39, 0.29) is 63.9 Å². The second kappa shape index (κ2) is 9.31. The highest BCUT2D eigenvalue weighted by molar-refractivity contribution is 8.00.